The number of fused-ring (bicyclic) bond motifs is 7. The summed E-state index contributed by atoms with van der Waals surface area (Å²) in [7, 11) is 0. The Morgan fingerprint density at radius 3 is 2.26 bits per heavy atom. The predicted molar refractivity (Wildman–Crippen MR) is 134 cm³/mol. The Morgan fingerprint density at radius 2 is 1.62 bits per heavy atom. The molecule has 192 valence electrons. The molecule has 0 radical (unpaired) electrons. The highest BCUT2D eigenvalue weighted by molar-refractivity contribution is 5.76. The highest BCUT2D eigenvalue weighted by Gasteiger charge is 2.70. The van der Waals surface area contributed by atoms with E-state index in [1.165, 1.54) is 5.57 Å². The Balaban J connectivity index is 1.62. The van der Waals surface area contributed by atoms with Crippen LogP contribution in [0.5, 0.6) is 0 Å². The number of carboxylic acid groups (broad SMARTS) is 1. The van der Waals surface area contributed by atoms with E-state index >= 15 is 0 Å². The summed E-state index contributed by atoms with van der Waals surface area (Å²) in [5.41, 5.74) is 0.574. The third kappa shape index (κ3) is 2.76. The second kappa shape index (κ2) is 7.34. The molecule has 0 amide bonds. The fourth-order valence-electron chi connectivity index (χ4n) is 11.0. The molecule has 34 heavy (non-hydrogen) atoms. The van der Waals surface area contributed by atoms with Crippen LogP contribution in [0.4, 0.5) is 0 Å². The lowest BCUT2D eigenvalue weighted by Gasteiger charge is -2.71. The number of hydrogen-bond donors (Lipinski definition) is 3. The van der Waals surface area contributed by atoms with Crippen molar-refractivity contribution < 1.29 is 20.1 Å². The SMILES string of the molecule is C[C@H]1[C@H](C)CC[C@]2(C(=O)O)CC[C@]3(C)C(=CC[C@H]4[C@@]5(C)C[C@H](O)[C@H](O)C(C)(C)[C@H]5CC[C@]43C)[C@H]12. The molecular weight excluding hydrogens is 424 g/mol. The summed E-state index contributed by atoms with van der Waals surface area (Å²) >= 11 is 0. The molecule has 0 bridgehead atoms. The lowest BCUT2D eigenvalue weighted by atomic mass is 9.33. The molecule has 0 aliphatic heterocycles. The van der Waals surface area contributed by atoms with Gasteiger partial charge in [-0.05, 0) is 103 Å². The zero-order valence-corrected chi connectivity index (χ0v) is 22.5. The van der Waals surface area contributed by atoms with Gasteiger partial charge in [0.05, 0.1) is 17.6 Å². The number of aliphatic hydroxyl groups excluding tert-OH is 2. The van der Waals surface area contributed by atoms with Crippen LogP contribution in [0.1, 0.15) is 99.8 Å². The van der Waals surface area contributed by atoms with E-state index in [-0.39, 0.29) is 27.6 Å². The molecule has 5 aliphatic rings. The van der Waals surface area contributed by atoms with E-state index in [9.17, 15) is 20.1 Å². The summed E-state index contributed by atoms with van der Waals surface area (Å²) in [6.07, 6.45) is 8.53. The first-order valence-electron chi connectivity index (χ1n) is 14.0. The van der Waals surface area contributed by atoms with Gasteiger partial charge in [0.25, 0.3) is 0 Å². The van der Waals surface area contributed by atoms with Crippen LogP contribution in [0, 0.1) is 56.7 Å². The maximum Gasteiger partial charge on any atom is 0.310 e. The van der Waals surface area contributed by atoms with Crippen molar-refractivity contribution in [1.29, 1.82) is 0 Å². The third-order valence-electron chi connectivity index (χ3n) is 13.4. The average Bonchev–Trinajstić information content (AvgIpc) is 2.75. The number of carbonyl (C=O) groups is 1. The quantitative estimate of drug-likeness (QED) is 0.405. The van der Waals surface area contributed by atoms with Crippen LogP contribution in [-0.4, -0.2) is 33.5 Å². The Bertz CT molecular complexity index is 907. The van der Waals surface area contributed by atoms with Gasteiger partial charge < -0.3 is 15.3 Å². The highest BCUT2D eigenvalue weighted by Crippen LogP contribution is 2.75. The van der Waals surface area contributed by atoms with Crippen LogP contribution in [0.2, 0.25) is 0 Å². The molecule has 0 spiro atoms. The van der Waals surface area contributed by atoms with Crippen LogP contribution in [0.25, 0.3) is 0 Å². The summed E-state index contributed by atoms with van der Waals surface area (Å²) in [4.78, 5) is 12.8. The fourth-order valence-corrected chi connectivity index (χ4v) is 11.0. The molecule has 0 heterocycles. The largest absolute Gasteiger partial charge is 0.481 e. The lowest BCUT2D eigenvalue weighted by Crippen LogP contribution is -2.67. The second-order valence-corrected chi connectivity index (χ2v) is 14.6. The van der Waals surface area contributed by atoms with Crippen LogP contribution < -0.4 is 0 Å². The number of hydrogen-bond acceptors (Lipinski definition) is 3. The van der Waals surface area contributed by atoms with Gasteiger partial charge in [-0.25, -0.2) is 0 Å². The van der Waals surface area contributed by atoms with Gasteiger partial charge in [0.1, 0.15) is 0 Å². The summed E-state index contributed by atoms with van der Waals surface area (Å²) in [6.45, 7) is 16.3. The normalized spacial score (nSPS) is 56.3. The van der Waals surface area contributed by atoms with Crippen LogP contribution >= 0.6 is 0 Å². The smallest absolute Gasteiger partial charge is 0.310 e. The van der Waals surface area contributed by atoms with Gasteiger partial charge >= 0.3 is 5.97 Å². The van der Waals surface area contributed by atoms with E-state index in [1.807, 2.05) is 0 Å². The maximum atomic E-state index is 12.8. The number of allylic oxidation sites excluding steroid dienone is 2. The summed E-state index contributed by atoms with van der Waals surface area (Å²) < 4.78 is 0. The van der Waals surface area contributed by atoms with Crippen molar-refractivity contribution in [1.82, 2.24) is 0 Å². The first-order chi connectivity index (χ1) is 15.7. The Morgan fingerprint density at radius 1 is 0.941 bits per heavy atom. The molecular formula is C30H48O4. The monoisotopic (exact) mass is 472 g/mol. The molecule has 4 nitrogen and oxygen atoms in total. The number of carboxylic acids is 1. The zero-order valence-electron chi connectivity index (χ0n) is 22.5. The van der Waals surface area contributed by atoms with Crippen molar-refractivity contribution in [2.75, 3.05) is 0 Å². The fraction of sp³-hybridized carbons (Fsp3) is 0.900. The maximum absolute atomic E-state index is 12.8. The van der Waals surface area contributed by atoms with E-state index in [1.54, 1.807) is 0 Å². The van der Waals surface area contributed by atoms with Gasteiger partial charge in [0.2, 0.25) is 0 Å². The molecule has 0 saturated heterocycles. The molecule has 4 fully saturated rings. The van der Waals surface area contributed by atoms with Gasteiger partial charge in [-0.3, -0.25) is 4.79 Å². The molecule has 4 heteroatoms. The van der Waals surface area contributed by atoms with Crippen molar-refractivity contribution in [2.24, 2.45) is 56.7 Å². The predicted octanol–water partition coefficient (Wildman–Crippen LogP) is 6.06. The molecule has 5 aliphatic carbocycles. The summed E-state index contributed by atoms with van der Waals surface area (Å²) in [6, 6.07) is 0. The molecule has 3 N–H and O–H groups in total. The standard InChI is InChI=1S/C30H48O4/c1-17-10-13-30(25(33)34)15-14-28(6)19(23(30)18(17)2)8-9-22-27(5)16-20(31)24(32)26(3,4)21(27)11-12-29(22,28)7/h8,17-18,20-24,31-32H,9-16H2,1-7H3,(H,33,34)/t17-,18+,20+,21-,22+,23+,24+,27+,28-,29-,30+/m1/s1. The Labute approximate surface area is 206 Å². The van der Waals surface area contributed by atoms with Crippen molar-refractivity contribution in [3.05, 3.63) is 11.6 Å². The van der Waals surface area contributed by atoms with Crippen LogP contribution in [0.3, 0.4) is 0 Å². The lowest BCUT2D eigenvalue weighted by molar-refractivity contribution is -0.232. The highest BCUT2D eigenvalue weighted by atomic mass is 16.4. The van der Waals surface area contributed by atoms with E-state index < -0.39 is 23.6 Å². The topological polar surface area (TPSA) is 77.8 Å². The second-order valence-electron chi connectivity index (χ2n) is 14.6. The minimum absolute atomic E-state index is 0.00993. The summed E-state index contributed by atoms with van der Waals surface area (Å²) in [5, 5.41) is 32.4. The molecule has 0 aromatic rings. The van der Waals surface area contributed by atoms with E-state index in [2.05, 4.69) is 54.5 Å². The average molecular weight is 473 g/mol. The van der Waals surface area contributed by atoms with Crippen molar-refractivity contribution in [3.63, 3.8) is 0 Å². The van der Waals surface area contributed by atoms with Gasteiger partial charge in [-0.15, -0.1) is 0 Å². The number of rotatable bonds is 1. The molecule has 11 atom stereocenters. The van der Waals surface area contributed by atoms with Crippen molar-refractivity contribution in [2.45, 2.75) is 112 Å². The number of aliphatic hydroxyl groups is 2. The Hall–Kier alpha value is -0.870. The number of aliphatic carboxylic acids is 1. The van der Waals surface area contributed by atoms with Crippen LogP contribution in [0.15, 0.2) is 11.6 Å². The van der Waals surface area contributed by atoms with E-state index in [0.29, 0.717) is 30.1 Å². The molecule has 4 saturated carbocycles. The van der Waals surface area contributed by atoms with Crippen molar-refractivity contribution in [3.8, 4) is 0 Å². The van der Waals surface area contributed by atoms with Gasteiger partial charge in [-0.2, -0.15) is 0 Å². The van der Waals surface area contributed by atoms with Gasteiger partial charge in [0, 0.05) is 0 Å². The molecule has 5 rings (SSSR count). The first kappa shape index (κ1) is 24.8. The summed E-state index contributed by atoms with van der Waals surface area (Å²) in [5.74, 6) is 1.30. The zero-order chi connectivity index (χ0) is 25.1. The first-order valence-corrected chi connectivity index (χ1v) is 14.0. The molecule has 0 aromatic heterocycles. The van der Waals surface area contributed by atoms with Gasteiger partial charge in [-0.1, -0.05) is 60.1 Å². The third-order valence-corrected chi connectivity index (χ3v) is 13.4. The minimum Gasteiger partial charge on any atom is -0.481 e. The Kier molecular flexibility index (Phi) is 5.36. The van der Waals surface area contributed by atoms with Crippen molar-refractivity contribution >= 4 is 5.97 Å². The van der Waals surface area contributed by atoms with E-state index in [0.717, 1.165) is 44.9 Å². The molecule has 0 unspecified atom stereocenters. The van der Waals surface area contributed by atoms with Crippen LogP contribution in [-0.2, 0) is 4.79 Å². The minimum atomic E-state index is -0.679. The molecule has 0 aromatic carbocycles. The van der Waals surface area contributed by atoms with Gasteiger partial charge in [0.15, 0.2) is 0 Å². The van der Waals surface area contributed by atoms with E-state index in [4.69, 9.17) is 0 Å².